The lowest BCUT2D eigenvalue weighted by Gasteiger charge is -2.32. The SMILES string of the molecule is CC(C)(C)OC(=O)N[C@H]1CCNC[C@@H]1CO.Cl. The Morgan fingerprint density at radius 1 is 1.53 bits per heavy atom. The van der Waals surface area contributed by atoms with E-state index in [1.54, 1.807) is 0 Å². The van der Waals surface area contributed by atoms with Gasteiger partial charge >= 0.3 is 6.09 Å². The zero-order valence-corrected chi connectivity index (χ0v) is 11.5. The highest BCUT2D eigenvalue weighted by Gasteiger charge is 2.27. The third kappa shape index (κ3) is 6.10. The van der Waals surface area contributed by atoms with Gasteiger partial charge in [-0.05, 0) is 33.7 Å². The fourth-order valence-electron chi connectivity index (χ4n) is 1.76. The molecule has 1 heterocycles. The summed E-state index contributed by atoms with van der Waals surface area (Å²) in [5.41, 5.74) is -0.480. The van der Waals surface area contributed by atoms with Crippen LogP contribution in [0.15, 0.2) is 0 Å². The third-order valence-electron chi connectivity index (χ3n) is 2.54. The molecule has 0 aromatic carbocycles. The molecule has 1 aliphatic heterocycles. The normalized spacial score (nSPS) is 24.7. The van der Waals surface area contributed by atoms with E-state index in [1.807, 2.05) is 20.8 Å². The number of aliphatic hydroxyl groups excluding tert-OH is 1. The molecule has 6 heteroatoms. The van der Waals surface area contributed by atoms with E-state index in [0.29, 0.717) is 0 Å². The first-order valence-corrected chi connectivity index (χ1v) is 5.73. The van der Waals surface area contributed by atoms with Gasteiger partial charge in [0, 0.05) is 25.1 Å². The summed E-state index contributed by atoms with van der Waals surface area (Å²) in [6.07, 6.45) is 0.419. The van der Waals surface area contributed by atoms with Gasteiger partial charge in [-0.15, -0.1) is 12.4 Å². The Labute approximate surface area is 109 Å². The number of piperidine rings is 1. The number of nitrogens with one attached hydrogen (secondary N) is 2. The standard InChI is InChI=1S/C11H22N2O3.ClH/c1-11(2,3)16-10(15)13-9-4-5-12-6-8(9)7-14;/h8-9,12,14H,4-7H2,1-3H3,(H,13,15);1H/t8-,9+;/m1./s1. The number of aliphatic hydroxyl groups is 1. The Morgan fingerprint density at radius 2 is 2.18 bits per heavy atom. The van der Waals surface area contributed by atoms with Gasteiger partial charge < -0.3 is 20.5 Å². The summed E-state index contributed by atoms with van der Waals surface area (Å²) in [7, 11) is 0. The van der Waals surface area contributed by atoms with E-state index >= 15 is 0 Å². The molecule has 0 spiro atoms. The van der Waals surface area contributed by atoms with Gasteiger partial charge in [-0.25, -0.2) is 4.79 Å². The predicted octanol–water partition coefficient (Wildman–Crippen LogP) is 0.903. The van der Waals surface area contributed by atoms with Crippen LogP contribution in [0.5, 0.6) is 0 Å². The quantitative estimate of drug-likeness (QED) is 0.695. The molecule has 1 rings (SSSR count). The second-order valence-corrected chi connectivity index (χ2v) is 5.19. The molecule has 102 valence electrons. The summed E-state index contributed by atoms with van der Waals surface area (Å²) in [5.74, 6) is 0.0706. The average Bonchev–Trinajstić information content (AvgIpc) is 2.15. The van der Waals surface area contributed by atoms with Crippen LogP contribution in [0.1, 0.15) is 27.2 Å². The second-order valence-electron chi connectivity index (χ2n) is 5.19. The predicted molar refractivity (Wildman–Crippen MR) is 68.5 cm³/mol. The Morgan fingerprint density at radius 3 is 2.71 bits per heavy atom. The number of halogens is 1. The van der Waals surface area contributed by atoms with E-state index in [4.69, 9.17) is 4.74 Å². The molecule has 0 radical (unpaired) electrons. The van der Waals surface area contributed by atoms with E-state index in [1.165, 1.54) is 0 Å². The Bertz CT molecular complexity index is 243. The van der Waals surface area contributed by atoms with Crippen LogP contribution in [0, 0.1) is 5.92 Å². The third-order valence-corrected chi connectivity index (χ3v) is 2.54. The van der Waals surface area contributed by atoms with Crippen molar-refractivity contribution in [1.29, 1.82) is 0 Å². The topological polar surface area (TPSA) is 70.6 Å². The molecule has 1 saturated heterocycles. The van der Waals surface area contributed by atoms with E-state index < -0.39 is 11.7 Å². The molecule has 0 bridgehead atoms. The fraction of sp³-hybridized carbons (Fsp3) is 0.909. The van der Waals surface area contributed by atoms with Crippen LogP contribution in [0.3, 0.4) is 0 Å². The Kier molecular flexibility index (Phi) is 6.82. The number of hydrogen-bond donors (Lipinski definition) is 3. The van der Waals surface area contributed by atoms with Crippen LogP contribution in [-0.2, 0) is 4.74 Å². The summed E-state index contributed by atoms with van der Waals surface area (Å²) < 4.78 is 5.18. The van der Waals surface area contributed by atoms with Crippen LogP contribution in [-0.4, -0.2) is 42.5 Å². The molecule has 0 aliphatic carbocycles. The van der Waals surface area contributed by atoms with Crippen molar-refractivity contribution in [2.45, 2.75) is 38.8 Å². The van der Waals surface area contributed by atoms with Crippen LogP contribution in [0.25, 0.3) is 0 Å². The van der Waals surface area contributed by atoms with Gasteiger partial charge in [-0.1, -0.05) is 0 Å². The first kappa shape index (κ1) is 16.5. The molecule has 1 aliphatic rings. The zero-order chi connectivity index (χ0) is 12.2. The monoisotopic (exact) mass is 266 g/mol. The highest BCUT2D eigenvalue weighted by Crippen LogP contribution is 2.12. The van der Waals surface area contributed by atoms with Crippen molar-refractivity contribution >= 4 is 18.5 Å². The number of carbonyl (C=O) groups excluding carboxylic acids is 1. The number of rotatable bonds is 2. The summed E-state index contributed by atoms with van der Waals surface area (Å²) >= 11 is 0. The maximum atomic E-state index is 11.6. The molecule has 17 heavy (non-hydrogen) atoms. The largest absolute Gasteiger partial charge is 0.444 e. The molecule has 5 nitrogen and oxygen atoms in total. The van der Waals surface area contributed by atoms with Gasteiger partial charge in [-0.2, -0.15) is 0 Å². The van der Waals surface area contributed by atoms with Crippen molar-refractivity contribution in [1.82, 2.24) is 10.6 Å². The first-order valence-electron chi connectivity index (χ1n) is 5.73. The highest BCUT2D eigenvalue weighted by atomic mass is 35.5. The zero-order valence-electron chi connectivity index (χ0n) is 10.7. The van der Waals surface area contributed by atoms with Crippen LogP contribution >= 0.6 is 12.4 Å². The first-order chi connectivity index (χ1) is 7.42. The summed E-state index contributed by atoms with van der Waals surface area (Å²) in [6.45, 7) is 7.16. The smallest absolute Gasteiger partial charge is 0.407 e. The number of ether oxygens (including phenoxy) is 1. The fourth-order valence-corrected chi connectivity index (χ4v) is 1.76. The number of amides is 1. The van der Waals surface area contributed by atoms with E-state index in [0.717, 1.165) is 19.5 Å². The van der Waals surface area contributed by atoms with Gasteiger partial charge in [0.05, 0.1) is 0 Å². The van der Waals surface area contributed by atoms with Crippen molar-refractivity contribution in [3.8, 4) is 0 Å². The molecule has 0 aromatic heterocycles. The Hall–Kier alpha value is -0.520. The molecule has 1 fully saturated rings. The minimum Gasteiger partial charge on any atom is -0.444 e. The van der Waals surface area contributed by atoms with Crippen molar-refractivity contribution in [3.05, 3.63) is 0 Å². The summed E-state index contributed by atoms with van der Waals surface area (Å²) in [4.78, 5) is 11.6. The summed E-state index contributed by atoms with van der Waals surface area (Å²) in [5, 5.41) is 15.2. The van der Waals surface area contributed by atoms with Crippen molar-refractivity contribution in [2.24, 2.45) is 5.92 Å². The van der Waals surface area contributed by atoms with Gasteiger partial charge in [0.15, 0.2) is 0 Å². The number of hydrogen-bond acceptors (Lipinski definition) is 4. The average molecular weight is 267 g/mol. The molecule has 0 aromatic rings. The minimum absolute atomic E-state index is 0. The molecule has 2 atom stereocenters. The van der Waals surface area contributed by atoms with Crippen molar-refractivity contribution < 1.29 is 14.6 Å². The lowest BCUT2D eigenvalue weighted by Crippen LogP contribution is -2.51. The van der Waals surface area contributed by atoms with Gasteiger partial charge in [0.2, 0.25) is 0 Å². The van der Waals surface area contributed by atoms with Crippen LogP contribution in [0.4, 0.5) is 4.79 Å². The van der Waals surface area contributed by atoms with Crippen LogP contribution < -0.4 is 10.6 Å². The Balaban J connectivity index is 0.00000256. The highest BCUT2D eigenvalue weighted by molar-refractivity contribution is 5.85. The van der Waals surface area contributed by atoms with E-state index in [-0.39, 0.29) is 31.0 Å². The summed E-state index contributed by atoms with van der Waals surface area (Å²) in [6, 6.07) is 0.00102. The lowest BCUT2D eigenvalue weighted by molar-refractivity contribution is 0.0454. The second kappa shape index (κ2) is 7.03. The maximum absolute atomic E-state index is 11.6. The molecular weight excluding hydrogens is 244 g/mol. The number of alkyl carbamates (subject to hydrolysis) is 1. The van der Waals surface area contributed by atoms with E-state index in [9.17, 15) is 9.90 Å². The van der Waals surface area contributed by atoms with Gasteiger partial charge in [0.1, 0.15) is 5.60 Å². The minimum atomic E-state index is -0.480. The van der Waals surface area contributed by atoms with Crippen LogP contribution in [0.2, 0.25) is 0 Å². The molecule has 1 amide bonds. The van der Waals surface area contributed by atoms with Crippen molar-refractivity contribution in [3.63, 3.8) is 0 Å². The molecule has 3 N–H and O–H groups in total. The van der Waals surface area contributed by atoms with E-state index in [2.05, 4.69) is 10.6 Å². The molecular formula is C11H23ClN2O3. The van der Waals surface area contributed by atoms with Gasteiger partial charge in [0.25, 0.3) is 0 Å². The maximum Gasteiger partial charge on any atom is 0.407 e. The molecule has 0 unspecified atom stereocenters. The van der Waals surface area contributed by atoms with Crippen molar-refractivity contribution in [2.75, 3.05) is 19.7 Å². The number of carbonyl (C=O) groups is 1. The van der Waals surface area contributed by atoms with Gasteiger partial charge in [-0.3, -0.25) is 0 Å². The molecule has 0 saturated carbocycles. The lowest BCUT2D eigenvalue weighted by atomic mass is 9.94.